The first-order valence-electron chi connectivity index (χ1n) is 10.2. The Hall–Kier alpha value is -3.61. The van der Waals surface area contributed by atoms with Crippen molar-refractivity contribution in [2.75, 3.05) is 13.2 Å². The SMILES string of the molecule is CCOC(=O)C1=C(COC(=O)c2ccc(C(C)C)cc2)NC(=O)N[C@H]1c1ccccc1. The van der Waals surface area contributed by atoms with E-state index in [1.165, 1.54) is 0 Å². The van der Waals surface area contributed by atoms with E-state index in [2.05, 4.69) is 24.5 Å². The predicted molar refractivity (Wildman–Crippen MR) is 115 cm³/mol. The van der Waals surface area contributed by atoms with Gasteiger partial charge in [0.2, 0.25) is 0 Å². The third kappa shape index (κ3) is 5.31. The number of rotatable bonds is 7. The van der Waals surface area contributed by atoms with Gasteiger partial charge < -0.3 is 20.1 Å². The fourth-order valence-electron chi connectivity index (χ4n) is 3.30. The maximum Gasteiger partial charge on any atom is 0.338 e. The zero-order valence-corrected chi connectivity index (χ0v) is 17.8. The minimum atomic E-state index is -0.715. The number of benzene rings is 2. The van der Waals surface area contributed by atoms with E-state index in [4.69, 9.17) is 9.47 Å². The molecule has 0 fully saturated rings. The lowest BCUT2D eigenvalue weighted by Gasteiger charge is -2.29. The molecule has 0 radical (unpaired) electrons. The Balaban J connectivity index is 1.86. The highest BCUT2D eigenvalue weighted by atomic mass is 16.5. The lowest BCUT2D eigenvalue weighted by Crippen LogP contribution is -2.47. The zero-order chi connectivity index (χ0) is 22.4. The molecule has 2 N–H and O–H groups in total. The van der Waals surface area contributed by atoms with Crippen LogP contribution in [0.25, 0.3) is 0 Å². The van der Waals surface area contributed by atoms with E-state index in [-0.39, 0.29) is 24.5 Å². The summed E-state index contributed by atoms with van der Waals surface area (Å²) in [5, 5.41) is 5.33. The standard InChI is InChI=1S/C24H26N2O5/c1-4-30-23(28)20-19(25-24(29)26-21(20)17-8-6-5-7-9-17)14-31-22(27)18-12-10-16(11-13-18)15(2)3/h5-13,15,21H,4,14H2,1-3H3,(H2,25,26,29)/t21-/m0/s1. The summed E-state index contributed by atoms with van der Waals surface area (Å²) in [7, 11) is 0. The Morgan fingerprint density at radius 3 is 2.26 bits per heavy atom. The second-order valence-corrected chi connectivity index (χ2v) is 7.41. The molecule has 0 aliphatic carbocycles. The molecule has 2 aromatic carbocycles. The van der Waals surface area contributed by atoms with Crippen molar-refractivity contribution in [3.63, 3.8) is 0 Å². The molecule has 0 spiro atoms. The van der Waals surface area contributed by atoms with Crippen LogP contribution in [0.15, 0.2) is 65.9 Å². The predicted octanol–water partition coefficient (Wildman–Crippen LogP) is 3.84. The molecule has 7 heteroatoms. The number of hydrogen-bond acceptors (Lipinski definition) is 5. The molecular formula is C24H26N2O5. The molecule has 0 bridgehead atoms. The van der Waals surface area contributed by atoms with Crippen LogP contribution in [-0.2, 0) is 14.3 Å². The molecule has 0 saturated carbocycles. The van der Waals surface area contributed by atoms with E-state index in [0.29, 0.717) is 17.0 Å². The highest BCUT2D eigenvalue weighted by molar-refractivity contribution is 5.95. The van der Waals surface area contributed by atoms with Crippen molar-refractivity contribution in [3.8, 4) is 0 Å². The molecule has 1 aliphatic rings. The van der Waals surface area contributed by atoms with Crippen molar-refractivity contribution < 1.29 is 23.9 Å². The average Bonchev–Trinajstić information content (AvgIpc) is 2.77. The monoisotopic (exact) mass is 422 g/mol. The van der Waals surface area contributed by atoms with Gasteiger partial charge in [-0.15, -0.1) is 0 Å². The number of nitrogens with one attached hydrogen (secondary N) is 2. The molecule has 1 heterocycles. The molecule has 31 heavy (non-hydrogen) atoms. The number of ether oxygens (including phenoxy) is 2. The molecule has 7 nitrogen and oxygen atoms in total. The Kier molecular flexibility index (Phi) is 7.07. The molecule has 0 unspecified atom stereocenters. The smallest absolute Gasteiger partial charge is 0.338 e. The maximum absolute atomic E-state index is 12.7. The molecule has 162 valence electrons. The maximum atomic E-state index is 12.7. The summed E-state index contributed by atoms with van der Waals surface area (Å²) in [6.07, 6.45) is 0. The highest BCUT2D eigenvalue weighted by Crippen LogP contribution is 2.28. The van der Waals surface area contributed by atoms with Crippen LogP contribution in [0.5, 0.6) is 0 Å². The van der Waals surface area contributed by atoms with Gasteiger partial charge >= 0.3 is 18.0 Å². The van der Waals surface area contributed by atoms with E-state index < -0.39 is 24.0 Å². The topological polar surface area (TPSA) is 93.7 Å². The summed E-state index contributed by atoms with van der Waals surface area (Å²) >= 11 is 0. The summed E-state index contributed by atoms with van der Waals surface area (Å²) in [5.41, 5.74) is 2.62. The average molecular weight is 422 g/mol. The highest BCUT2D eigenvalue weighted by Gasteiger charge is 2.34. The van der Waals surface area contributed by atoms with Crippen LogP contribution >= 0.6 is 0 Å². The molecule has 1 atom stereocenters. The van der Waals surface area contributed by atoms with Gasteiger partial charge in [-0.05, 0) is 36.1 Å². The Morgan fingerprint density at radius 2 is 1.65 bits per heavy atom. The van der Waals surface area contributed by atoms with Crippen molar-refractivity contribution in [1.82, 2.24) is 10.6 Å². The van der Waals surface area contributed by atoms with Crippen LogP contribution < -0.4 is 10.6 Å². The number of amides is 2. The summed E-state index contributed by atoms with van der Waals surface area (Å²) in [6.45, 7) is 5.74. The lowest BCUT2D eigenvalue weighted by molar-refractivity contribution is -0.139. The summed E-state index contributed by atoms with van der Waals surface area (Å²) in [4.78, 5) is 37.5. The molecule has 1 aliphatic heterocycles. The quantitative estimate of drug-likeness (QED) is 0.662. The van der Waals surface area contributed by atoms with Crippen LogP contribution in [0.1, 0.15) is 54.2 Å². The van der Waals surface area contributed by atoms with E-state index in [1.54, 1.807) is 31.2 Å². The van der Waals surface area contributed by atoms with Gasteiger partial charge in [0.15, 0.2) is 0 Å². The first kappa shape index (κ1) is 22.1. The number of esters is 2. The van der Waals surface area contributed by atoms with E-state index in [1.807, 2.05) is 30.3 Å². The molecule has 0 aromatic heterocycles. The van der Waals surface area contributed by atoms with Gasteiger partial charge in [-0.1, -0.05) is 56.3 Å². The minimum Gasteiger partial charge on any atom is -0.463 e. The van der Waals surface area contributed by atoms with Gasteiger partial charge in [0.05, 0.1) is 29.5 Å². The van der Waals surface area contributed by atoms with Crippen molar-refractivity contribution in [1.29, 1.82) is 0 Å². The Morgan fingerprint density at radius 1 is 0.968 bits per heavy atom. The zero-order valence-electron chi connectivity index (χ0n) is 17.8. The van der Waals surface area contributed by atoms with Crippen LogP contribution in [0, 0.1) is 0 Å². The molecular weight excluding hydrogens is 396 g/mol. The van der Waals surface area contributed by atoms with Gasteiger partial charge in [-0.25, -0.2) is 14.4 Å². The van der Waals surface area contributed by atoms with Crippen molar-refractivity contribution in [2.45, 2.75) is 32.7 Å². The van der Waals surface area contributed by atoms with Crippen LogP contribution in [0.2, 0.25) is 0 Å². The minimum absolute atomic E-state index is 0.174. The number of carbonyl (C=O) groups is 3. The number of urea groups is 1. The molecule has 2 amide bonds. The first-order chi connectivity index (χ1) is 14.9. The first-order valence-corrected chi connectivity index (χ1v) is 10.2. The van der Waals surface area contributed by atoms with Crippen LogP contribution in [0.3, 0.4) is 0 Å². The van der Waals surface area contributed by atoms with Crippen molar-refractivity contribution >= 4 is 18.0 Å². The van der Waals surface area contributed by atoms with Crippen molar-refractivity contribution in [3.05, 3.63) is 82.6 Å². The van der Waals surface area contributed by atoms with Crippen LogP contribution in [-0.4, -0.2) is 31.2 Å². The summed E-state index contributed by atoms with van der Waals surface area (Å²) in [6, 6.07) is 15.0. The fraction of sp³-hybridized carbons (Fsp3) is 0.292. The lowest BCUT2D eigenvalue weighted by atomic mass is 9.95. The normalized spacial score (nSPS) is 15.9. The van der Waals surface area contributed by atoms with Crippen LogP contribution in [0.4, 0.5) is 4.79 Å². The van der Waals surface area contributed by atoms with Gasteiger partial charge in [0.25, 0.3) is 0 Å². The molecule has 2 aromatic rings. The number of carbonyl (C=O) groups excluding carboxylic acids is 3. The Bertz CT molecular complexity index is 981. The van der Waals surface area contributed by atoms with E-state index >= 15 is 0 Å². The summed E-state index contributed by atoms with van der Waals surface area (Å²) in [5.74, 6) is -0.784. The Labute approximate surface area is 181 Å². The van der Waals surface area contributed by atoms with Gasteiger partial charge in [0, 0.05) is 0 Å². The third-order valence-electron chi connectivity index (χ3n) is 4.94. The third-order valence-corrected chi connectivity index (χ3v) is 4.94. The van der Waals surface area contributed by atoms with Crippen molar-refractivity contribution in [2.24, 2.45) is 0 Å². The van der Waals surface area contributed by atoms with Gasteiger partial charge in [-0.2, -0.15) is 0 Å². The second kappa shape index (κ2) is 9.93. The second-order valence-electron chi connectivity index (χ2n) is 7.41. The molecule has 3 rings (SSSR count). The fourth-order valence-corrected chi connectivity index (χ4v) is 3.30. The van der Waals surface area contributed by atoms with Gasteiger partial charge in [0.1, 0.15) is 6.61 Å². The summed E-state index contributed by atoms with van der Waals surface area (Å²) < 4.78 is 10.6. The van der Waals surface area contributed by atoms with E-state index in [0.717, 1.165) is 5.56 Å². The molecule has 0 saturated heterocycles. The van der Waals surface area contributed by atoms with E-state index in [9.17, 15) is 14.4 Å². The number of hydrogen-bond donors (Lipinski definition) is 2. The largest absolute Gasteiger partial charge is 0.463 e. The van der Waals surface area contributed by atoms with Gasteiger partial charge in [-0.3, -0.25) is 0 Å².